The number of aliphatic imine (C=N–C) groups is 1. The van der Waals surface area contributed by atoms with E-state index in [0.717, 1.165) is 18.1 Å². The SMILES string of the molecule is CN=C(NCc1ccc(C(=O)N2CC(C)OC(C)C2)cc1)NCC(C)c1cccc(C)c1.I. The third kappa shape index (κ3) is 7.99. The quantitative estimate of drug-likeness (QED) is 0.312. The van der Waals surface area contributed by atoms with Gasteiger partial charge in [-0.3, -0.25) is 9.79 Å². The van der Waals surface area contributed by atoms with Crippen LogP contribution in [0.5, 0.6) is 0 Å². The van der Waals surface area contributed by atoms with Gasteiger partial charge in [0.15, 0.2) is 5.96 Å². The Morgan fingerprint density at radius 2 is 1.79 bits per heavy atom. The Bertz CT molecular complexity index is 922. The third-order valence-corrected chi connectivity index (χ3v) is 5.78. The predicted octanol–water partition coefficient (Wildman–Crippen LogP) is 4.33. The lowest BCUT2D eigenvalue weighted by Crippen LogP contribution is -2.48. The van der Waals surface area contributed by atoms with E-state index in [1.807, 2.05) is 43.0 Å². The number of benzene rings is 2. The van der Waals surface area contributed by atoms with Crippen molar-refractivity contribution < 1.29 is 9.53 Å². The van der Waals surface area contributed by atoms with Crippen molar-refractivity contribution in [2.24, 2.45) is 4.99 Å². The van der Waals surface area contributed by atoms with Gasteiger partial charge in [0, 0.05) is 38.8 Å². The number of rotatable bonds is 6. The Hall–Kier alpha value is -2.13. The predicted molar refractivity (Wildman–Crippen MR) is 146 cm³/mol. The Balaban J connectivity index is 0.00000385. The van der Waals surface area contributed by atoms with Gasteiger partial charge in [0.25, 0.3) is 5.91 Å². The summed E-state index contributed by atoms with van der Waals surface area (Å²) in [4.78, 5) is 19.0. The Labute approximate surface area is 215 Å². The van der Waals surface area contributed by atoms with Crippen LogP contribution >= 0.6 is 24.0 Å². The fourth-order valence-electron chi connectivity index (χ4n) is 4.04. The van der Waals surface area contributed by atoms with E-state index < -0.39 is 0 Å². The number of nitrogens with zero attached hydrogens (tertiary/aromatic N) is 2. The van der Waals surface area contributed by atoms with Crippen LogP contribution in [0.25, 0.3) is 0 Å². The summed E-state index contributed by atoms with van der Waals surface area (Å²) in [5, 5.41) is 6.76. The Morgan fingerprint density at radius 1 is 1.12 bits per heavy atom. The minimum absolute atomic E-state index is 0. The van der Waals surface area contributed by atoms with Crippen molar-refractivity contribution in [2.75, 3.05) is 26.7 Å². The number of morpholine rings is 1. The summed E-state index contributed by atoms with van der Waals surface area (Å²) in [7, 11) is 1.78. The molecule has 3 unspecified atom stereocenters. The standard InChI is InChI=1S/C26H36N4O2.HI/c1-18-7-6-8-24(13-18)19(2)14-28-26(27-5)29-15-22-9-11-23(12-10-22)25(31)30-16-20(3)32-21(4)17-30;/h6-13,19-21H,14-17H2,1-5H3,(H2,27,28,29);1H. The Kier molecular flexibility index (Phi) is 10.6. The molecule has 0 saturated carbocycles. The molecule has 0 spiro atoms. The van der Waals surface area contributed by atoms with Crippen LogP contribution < -0.4 is 10.6 Å². The number of guanidine groups is 1. The lowest BCUT2D eigenvalue weighted by molar-refractivity contribution is -0.0586. The van der Waals surface area contributed by atoms with E-state index in [1.54, 1.807) is 7.05 Å². The van der Waals surface area contributed by atoms with E-state index in [4.69, 9.17) is 4.74 Å². The number of carbonyl (C=O) groups is 1. The van der Waals surface area contributed by atoms with Gasteiger partial charge in [0.1, 0.15) is 0 Å². The highest BCUT2D eigenvalue weighted by Crippen LogP contribution is 2.16. The van der Waals surface area contributed by atoms with E-state index in [9.17, 15) is 4.79 Å². The summed E-state index contributed by atoms with van der Waals surface area (Å²) in [5.41, 5.74) is 4.40. The smallest absolute Gasteiger partial charge is 0.254 e. The molecule has 1 aliphatic heterocycles. The van der Waals surface area contributed by atoms with E-state index in [1.165, 1.54) is 11.1 Å². The molecule has 6 nitrogen and oxygen atoms in total. The molecule has 1 fully saturated rings. The first-order valence-corrected chi connectivity index (χ1v) is 11.4. The minimum atomic E-state index is 0. The molecule has 3 atom stereocenters. The number of hydrogen-bond acceptors (Lipinski definition) is 3. The maximum atomic E-state index is 12.8. The lowest BCUT2D eigenvalue weighted by atomic mass is 9.99. The second-order valence-electron chi connectivity index (χ2n) is 8.79. The molecule has 33 heavy (non-hydrogen) atoms. The fraction of sp³-hybridized carbons (Fsp3) is 0.462. The van der Waals surface area contributed by atoms with Crippen LogP contribution in [-0.4, -0.2) is 55.7 Å². The van der Waals surface area contributed by atoms with Crippen molar-refractivity contribution in [3.63, 3.8) is 0 Å². The molecule has 2 aromatic carbocycles. The monoisotopic (exact) mass is 564 g/mol. The first-order valence-electron chi connectivity index (χ1n) is 11.4. The highest BCUT2D eigenvalue weighted by Gasteiger charge is 2.26. The van der Waals surface area contributed by atoms with Crippen molar-refractivity contribution in [3.8, 4) is 0 Å². The molecule has 2 aromatic rings. The summed E-state index contributed by atoms with van der Waals surface area (Å²) < 4.78 is 5.73. The second-order valence-corrected chi connectivity index (χ2v) is 8.79. The average molecular weight is 565 g/mol. The first kappa shape index (κ1) is 27.1. The molecular weight excluding hydrogens is 527 g/mol. The summed E-state index contributed by atoms with van der Waals surface area (Å²) in [6.07, 6.45) is 0.137. The van der Waals surface area contributed by atoms with E-state index in [2.05, 4.69) is 53.7 Å². The van der Waals surface area contributed by atoms with Crippen LogP contribution in [0.1, 0.15) is 53.7 Å². The van der Waals surface area contributed by atoms with Gasteiger partial charge < -0.3 is 20.3 Å². The summed E-state index contributed by atoms with van der Waals surface area (Å²) in [6.45, 7) is 11.0. The van der Waals surface area contributed by atoms with Gasteiger partial charge in [0.05, 0.1) is 12.2 Å². The van der Waals surface area contributed by atoms with Crippen molar-refractivity contribution in [3.05, 3.63) is 70.8 Å². The molecule has 1 saturated heterocycles. The lowest BCUT2D eigenvalue weighted by Gasteiger charge is -2.35. The molecule has 1 aliphatic rings. The zero-order chi connectivity index (χ0) is 23.1. The number of nitrogens with one attached hydrogen (secondary N) is 2. The molecular formula is C26H37IN4O2. The number of carbonyl (C=O) groups excluding carboxylic acids is 1. The Morgan fingerprint density at radius 3 is 2.39 bits per heavy atom. The van der Waals surface area contributed by atoms with Gasteiger partial charge in [-0.25, -0.2) is 0 Å². The average Bonchev–Trinajstić information content (AvgIpc) is 2.78. The first-order chi connectivity index (χ1) is 15.4. The molecule has 180 valence electrons. The molecule has 0 aliphatic carbocycles. The molecule has 3 rings (SSSR count). The van der Waals surface area contributed by atoms with Crippen LogP contribution in [-0.2, 0) is 11.3 Å². The third-order valence-electron chi connectivity index (χ3n) is 5.78. The van der Waals surface area contributed by atoms with Gasteiger partial charge in [-0.1, -0.05) is 48.9 Å². The number of ether oxygens (including phenoxy) is 1. The van der Waals surface area contributed by atoms with Crippen molar-refractivity contribution in [1.29, 1.82) is 0 Å². The van der Waals surface area contributed by atoms with Crippen LogP contribution in [0.3, 0.4) is 0 Å². The van der Waals surface area contributed by atoms with Gasteiger partial charge in [-0.05, 0) is 49.9 Å². The fourth-order valence-corrected chi connectivity index (χ4v) is 4.04. The minimum Gasteiger partial charge on any atom is -0.372 e. The topological polar surface area (TPSA) is 66.0 Å². The summed E-state index contributed by atoms with van der Waals surface area (Å²) in [5.74, 6) is 1.21. The van der Waals surface area contributed by atoms with Gasteiger partial charge >= 0.3 is 0 Å². The number of amides is 1. The van der Waals surface area contributed by atoms with Crippen LogP contribution in [0.15, 0.2) is 53.5 Å². The van der Waals surface area contributed by atoms with Crippen LogP contribution in [0.4, 0.5) is 0 Å². The highest BCUT2D eigenvalue weighted by atomic mass is 127. The van der Waals surface area contributed by atoms with Crippen molar-refractivity contribution >= 4 is 35.8 Å². The van der Waals surface area contributed by atoms with E-state index >= 15 is 0 Å². The zero-order valence-corrected chi connectivity index (χ0v) is 22.6. The molecule has 1 amide bonds. The summed E-state index contributed by atoms with van der Waals surface area (Å²) >= 11 is 0. The number of halogens is 1. The largest absolute Gasteiger partial charge is 0.372 e. The molecule has 0 aromatic heterocycles. The van der Waals surface area contributed by atoms with Gasteiger partial charge in [-0.15, -0.1) is 24.0 Å². The number of hydrogen-bond donors (Lipinski definition) is 2. The van der Waals surface area contributed by atoms with Crippen molar-refractivity contribution in [1.82, 2.24) is 15.5 Å². The van der Waals surface area contributed by atoms with Gasteiger partial charge in [0.2, 0.25) is 0 Å². The molecule has 1 heterocycles. The maximum Gasteiger partial charge on any atom is 0.254 e. The van der Waals surface area contributed by atoms with Crippen molar-refractivity contribution in [2.45, 2.75) is 52.4 Å². The molecule has 0 bridgehead atoms. The van der Waals surface area contributed by atoms with E-state index in [-0.39, 0.29) is 42.1 Å². The summed E-state index contributed by atoms with van der Waals surface area (Å²) in [6, 6.07) is 16.4. The van der Waals surface area contributed by atoms with E-state index in [0.29, 0.717) is 31.1 Å². The molecule has 2 N–H and O–H groups in total. The normalized spacial score (nSPS) is 19.4. The van der Waals surface area contributed by atoms with Crippen LogP contribution in [0, 0.1) is 6.92 Å². The van der Waals surface area contributed by atoms with Crippen LogP contribution in [0.2, 0.25) is 0 Å². The highest BCUT2D eigenvalue weighted by molar-refractivity contribution is 14.0. The zero-order valence-electron chi connectivity index (χ0n) is 20.3. The second kappa shape index (κ2) is 12.9. The van der Waals surface area contributed by atoms with Gasteiger partial charge in [-0.2, -0.15) is 0 Å². The number of aryl methyl sites for hydroxylation is 1. The molecule has 7 heteroatoms. The molecule has 0 radical (unpaired) electrons. The maximum absolute atomic E-state index is 12.8.